The van der Waals surface area contributed by atoms with Crippen molar-refractivity contribution in [2.75, 3.05) is 26.4 Å². The molecule has 1 aliphatic carbocycles. The molecule has 127 heavy (non-hydrogen) atoms. The number of sulfonamides is 2. The fraction of sp³-hybridized carbons (Fsp3) is 0.202. The molecule has 1 saturated heterocycles. The monoisotopic (exact) mass is 2040 g/mol. The Bertz CT molecular complexity index is 6990. The van der Waals surface area contributed by atoms with Crippen LogP contribution in [0, 0.1) is 0 Å². The molecule has 0 bridgehead atoms. The van der Waals surface area contributed by atoms with Crippen LogP contribution >= 0.6 is 104 Å². The van der Waals surface area contributed by atoms with Crippen LogP contribution in [0.5, 0.6) is 0 Å². The Morgan fingerprint density at radius 3 is 1.19 bits per heavy atom. The maximum Gasteiger partial charge on any atom is 0.497 e. The number of benzene rings is 2. The van der Waals surface area contributed by atoms with Crippen LogP contribution in [0.15, 0.2) is 216 Å². The van der Waals surface area contributed by atoms with Gasteiger partial charge in [-0.05, 0) is 195 Å². The Morgan fingerprint density at radius 1 is 0.457 bits per heavy atom. The minimum absolute atomic E-state index is 0.0158. The molecule has 5 N–H and O–H groups in total. The molecule has 654 valence electrons. The summed E-state index contributed by atoms with van der Waals surface area (Å²) >= 11 is 16.8. The Balaban J connectivity index is 0.000000135. The molecule has 15 heterocycles. The first-order valence-corrected chi connectivity index (χ1v) is 48.3. The van der Waals surface area contributed by atoms with E-state index in [0.717, 1.165) is 77.1 Å². The molecule has 0 saturated carbocycles. The average molecular weight is 2040 g/mol. The molecule has 0 atom stereocenters. The van der Waals surface area contributed by atoms with Crippen molar-refractivity contribution in [3.05, 3.63) is 268 Å². The maximum atomic E-state index is 12.0. The van der Waals surface area contributed by atoms with Crippen LogP contribution in [0.4, 0.5) is 0 Å². The fourth-order valence-corrected chi connectivity index (χ4v) is 18.7. The van der Waals surface area contributed by atoms with E-state index in [2.05, 4.69) is 110 Å². The van der Waals surface area contributed by atoms with Crippen LogP contribution in [-0.4, -0.2) is 165 Å². The van der Waals surface area contributed by atoms with Crippen LogP contribution in [0.25, 0.3) is 69.1 Å². The van der Waals surface area contributed by atoms with E-state index in [0.29, 0.717) is 74.1 Å². The summed E-state index contributed by atoms with van der Waals surface area (Å²) in [5.74, 6) is -2.74. The van der Waals surface area contributed by atoms with Crippen LogP contribution < -0.4 is 15.7 Å². The van der Waals surface area contributed by atoms with Gasteiger partial charge in [0.25, 0.3) is 0 Å². The zero-order valence-electron chi connectivity index (χ0n) is 68.6. The van der Waals surface area contributed by atoms with Gasteiger partial charge in [0, 0.05) is 131 Å². The summed E-state index contributed by atoms with van der Waals surface area (Å²) in [4.78, 5) is 101. The van der Waals surface area contributed by atoms with Gasteiger partial charge in [0.15, 0.2) is 52.9 Å². The number of aromatic carboxylic acids is 1. The third kappa shape index (κ3) is 22.2. The molecular formula is C84H76BBr3N16O16S7. The Kier molecular flexibility index (Phi) is 30.1. The van der Waals surface area contributed by atoms with E-state index in [-0.39, 0.29) is 39.4 Å². The number of carboxylic acids is 1. The molecule has 16 aromatic rings. The van der Waals surface area contributed by atoms with Gasteiger partial charge in [-0.3, -0.25) is 23.3 Å². The molecule has 0 amide bonds. The van der Waals surface area contributed by atoms with Crippen LogP contribution in [0.1, 0.15) is 141 Å². The zero-order chi connectivity index (χ0) is 90.7. The molecule has 0 spiro atoms. The maximum absolute atomic E-state index is 12.0. The van der Waals surface area contributed by atoms with Crippen molar-refractivity contribution in [3.8, 4) is 20.5 Å². The summed E-state index contributed by atoms with van der Waals surface area (Å²) in [7, 11) is -7.97. The number of nitrogens with two attached hydrogens (primary N) is 2. The number of hydrogen-bond acceptors (Lipinski definition) is 30. The topological polar surface area (TPSA) is 430 Å². The predicted molar refractivity (Wildman–Crippen MR) is 497 cm³/mol. The van der Waals surface area contributed by atoms with Gasteiger partial charge in [-0.25, -0.2) is 95.9 Å². The van der Waals surface area contributed by atoms with E-state index in [4.69, 9.17) is 43.6 Å². The summed E-state index contributed by atoms with van der Waals surface area (Å²) in [6, 6.07) is 32.2. The van der Waals surface area contributed by atoms with E-state index >= 15 is 0 Å². The summed E-state index contributed by atoms with van der Waals surface area (Å²) < 4.78 is 88.0. The number of thiazole rings is 5. The van der Waals surface area contributed by atoms with Crippen LogP contribution in [0.2, 0.25) is 0 Å². The average Bonchev–Trinajstić information content (AvgIpc) is 1.59. The summed E-state index contributed by atoms with van der Waals surface area (Å²) in [6.45, 7) is 16.5. The van der Waals surface area contributed by atoms with Gasteiger partial charge in [0.05, 0.1) is 53.1 Å². The highest BCUT2D eigenvalue weighted by atomic mass is 79.9. The smallest absolute Gasteiger partial charge is 0.476 e. The number of nitrogens with zero attached hydrogens (tertiary/aromatic N) is 14. The lowest BCUT2D eigenvalue weighted by molar-refractivity contribution is 0.00578. The van der Waals surface area contributed by atoms with Crippen molar-refractivity contribution in [1.29, 1.82) is 0 Å². The second-order valence-corrected chi connectivity index (χ2v) is 38.5. The first-order valence-electron chi connectivity index (χ1n) is 38.5. The van der Waals surface area contributed by atoms with Gasteiger partial charge in [-0.15, -0.1) is 56.7 Å². The first kappa shape index (κ1) is 93.5. The van der Waals surface area contributed by atoms with E-state index in [1.165, 1.54) is 102 Å². The Morgan fingerprint density at radius 2 is 0.803 bits per heavy atom. The quantitative estimate of drug-likeness (QED) is 0.0362. The van der Waals surface area contributed by atoms with E-state index < -0.39 is 62.2 Å². The lowest BCUT2D eigenvalue weighted by Gasteiger charge is -2.32. The normalized spacial score (nSPS) is 13.0. The summed E-state index contributed by atoms with van der Waals surface area (Å²) in [5.41, 5.74) is 10.3. The third-order valence-corrected chi connectivity index (χ3v) is 27.2. The molecule has 14 aromatic heterocycles. The number of hydrogen-bond donors (Lipinski definition) is 3. The number of pyridine rings is 5. The molecule has 1 fully saturated rings. The van der Waals surface area contributed by atoms with Gasteiger partial charge in [0.2, 0.25) is 20.0 Å². The number of allylic oxidation sites excluding steroid dienone is 1. The number of carbonyl (C=O) groups excluding carboxylic acids is 4. The standard InChI is InChI=1S/C20H18N4O4S2.C19H22BN3O4S.C18H14N4O4S2.C13H10BrN3O2S.C8H6BrN.C6H6BrNO2S/c1-2-28-19(25)17-12-29-20(23-17)24-11-14(16-4-3-9-22-18(16)24)10-13-5-7-15(8-6-13)30(21,26)27;1-6-25-16(24)14-11-28-17(22-14)23-10-13(12-8-7-9-21-15(12)23)20-26-18(2,3)19(4,5)27-20;19-28(25,26)13-5-3-11(4-6-13)8-12-9-22(16-14(12)2-1-7-20-16)18-21-15(10-27-18)17(23)24;1-2-19-12(18)10-7-20-13(16-10)17-6-9(14)8-4-3-5-15-11(8)17;9-7-3-4-8-6(7)2-1-5-10-8;1-2-10-5(9)4-3-11-6(7)8-4/h3-9,11-12H,2,10H2,1H3,(H2,21,26,27);7-11H,6H2,1-5H3;1-7,9-10H,8H2,(H,23,24)(H2,19,25,26);3-7H,2H2,1H3;1-3,5H,4H2;3H,2H2,1H3. The highest BCUT2D eigenvalue weighted by Crippen LogP contribution is 2.39. The Labute approximate surface area is 772 Å². The van der Waals surface area contributed by atoms with Crippen molar-refractivity contribution in [1.82, 2.24) is 68.1 Å². The van der Waals surface area contributed by atoms with Crippen molar-refractivity contribution in [2.45, 2.75) is 95.6 Å². The molecule has 0 unspecified atom stereocenters. The van der Waals surface area contributed by atoms with Crippen molar-refractivity contribution < 1.29 is 74.2 Å². The van der Waals surface area contributed by atoms with Gasteiger partial charge < -0.3 is 33.4 Å². The number of esters is 4. The largest absolute Gasteiger partial charge is 0.497 e. The van der Waals surface area contributed by atoms with Crippen LogP contribution in [-0.2, 0) is 67.6 Å². The number of carboxylic acid groups (broad SMARTS) is 1. The highest BCUT2D eigenvalue weighted by molar-refractivity contribution is 9.15. The van der Waals surface area contributed by atoms with Crippen molar-refractivity contribution in [2.24, 2.45) is 10.3 Å². The first-order chi connectivity index (χ1) is 60.7. The van der Waals surface area contributed by atoms with E-state index in [9.17, 15) is 40.8 Å². The molecular weight excluding hydrogens is 1960 g/mol. The second kappa shape index (κ2) is 40.9. The molecule has 1 aliphatic heterocycles. The van der Waals surface area contributed by atoms with Crippen molar-refractivity contribution in [3.63, 3.8) is 0 Å². The number of aromatic nitrogens is 14. The van der Waals surface area contributed by atoms with Crippen molar-refractivity contribution >= 4 is 216 Å². The minimum Gasteiger partial charge on any atom is -0.476 e. The molecule has 2 aliphatic rings. The van der Waals surface area contributed by atoms with Crippen LogP contribution in [0.3, 0.4) is 0 Å². The minimum atomic E-state index is -3.73. The number of carbonyl (C=O) groups is 5. The van der Waals surface area contributed by atoms with Gasteiger partial charge in [-0.2, -0.15) is 0 Å². The number of primary sulfonamides is 2. The number of fused-ring (bicyclic) bond motifs is 5. The lowest BCUT2D eigenvalue weighted by Crippen LogP contribution is -2.41. The highest BCUT2D eigenvalue weighted by Gasteiger charge is 2.52. The summed E-state index contributed by atoms with van der Waals surface area (Å²) in [6.07, 6.45) is 20.5. The second-order valence-electron chi connectivity index (χ2n) is 28.2. The van der Waals surface area contributed by atoms with Gasteiger partial charge in [-0.1, -0.05) is 58.4 Å². The number of ether oxygens (including phenoxy) is 4. The molecule has 18 rings (SSSR count). The zero-order valence-corrected chi connectivity index (χ0v) is 79.0. The third-order valence-electron chi connectivity index (χ3n) is 19.2. The Hall–Kier alpha value is -11.2. The van der Waals surface area contributed by atoms with E-state index in [1.807, 2.05) is 127 Å². The fourth-order valence-electron chi connectivity index (χ4n) is 12.6. The molecule has 32 nitrogen and oxygen atoms in total. The SMILES string of the molecule is BrC1=CCc2ncccc21.CCOC(=O)c1csc(-n2cc(B3OC(C)(C)C(C)(C)O3)c3cccnc32)n1.CCOC(=O)c1csc(-n2cc(Br)c3cccnc32)n1.CCOC(=O)c1csc(-n2cc(Cc3ccc(S(N)(=O)=O)cc3)c3cccnc32)n1.CCOC(=O)c1csc(Br)n1.NS(=O)(=O)c1ccc(Cc2cn(-c3nc(C(=O)O)cs3)c3ncccc23)cc1. The van der Waals surface area contributed by atoms with E-state index in [1.54, 1.807) is 103 Å². The van der Waals surface area contributed by atoms with Gasteiger partial charge >= 0.3 is 37.0 Å². The van der Waals surface area contributed by atoms with Gasteiger partial charge in [0.1, 0.15) is 22.6 Å². The molecule has 2 aromatic carbocycles. The summed E-state index contributed by atoms with van der Waals surface area (Å²) in [5, 5.41) is 33.8. The lowest BCUT2D eigenvalue weighted by atomic mass is 9.79. The number of rotatable bonds is 20. The predicted octanol–water partition coefficient (Wildman–Crippen LogP) is 16.2. The molecule has 43 heteroatoms. The number of halogens is 3. The molecule has 0 radical (unpaired) electrons.